The number of aromatic nitrogens is 2. The number of hydrogen-bond donors (Lipinski definition) is 2. The molecule has 0 unspecified atom stereocenters. The topological polar surface area (TPSA) is 93.4 Å². The van der Waals surface area contributed by atoms with Crippen molar-refractivity contribution in [3.63, 3.8) is 0 Å². The van der Waals surface area contributed by atoms with Crippen molar-refractivity contribution < 1.29 is 19.0 Å². The van der Waals surface area contributed by atoms with Crippen molar-refractivity contribution >= 4 is 23.5 Å². The number of nitrogens with zero attached hydrogens (tertiary/aromatic N) is 2. The van der Waals surface area contributed by atoms with Crippen LogP contribution in [0, 0.1) is 5.82 Å². The molecule has 1 aromatic heterocycles. The van der Waals surface area contributed by atoms with Gasteiger partial charge in [0, 0.05) is 36.8 Å². The number of halogens is 1. The molecule has 0 radical (unpaired) electrons. The van der Waals surface area contributed by atoms with Crippen LogP contribution in [0.5, 0.6) is 11.5 Å². The minimum Gasteiger partial charge on any atom is -0.508 e. The summed E-state index contributed by atoms with van der Waals surface area (Å²) in [7, 11) is 3.16. The molecule has 1 aliphatic heterocycles. The summed E-state index contributed by atoms with van der Waals surface area (Å²) in [5.74, 6) is -0.111. The molecule has 1 atom stereocenters. The van der Waals surface area contributed by atoms with Crippen LogP contribution < -0.4 is 15.6 Å². The van der Waals surface area contributed by atoms with Gasteiger partial charge >= 0.3 is 0 Å². The first kappa shape index (κ1) is 20.9. The van der Waals surface area contributed by atoms with Gasteiger partial charge in [0.1, 0.15) is 23.1 Å². The number of amides is 1. The number of aromatic hydroxyl groups is 1. The molecule has 1 aliphatic rings. The van der Waals surface area contributed by atoms with E-state index in [1.807, 2.05) is 0 Å². The third kappa shape index (κ3) is 4.00. The van der Waals surface area contributed by atoms with Gasteiger partial charge in [-0.25, -0.2) is 4.39 Å². The van der Waals surface area contributed by atoms with Gasteiger partial charge in [0.25, 0.3) is 5.56 Å². The van der Waals surface area contributed by atoms with Crippen LogP contribution in [0.3, 0.4) is 0 Å². The first-order valence-corrected chi connectivity index (χ1v) is 10.5. The zero-order chi connectivity index (χ0) is 22.1. The van der Waals surface area contributed by atoms with E-state index in [1.165, 1.54) is 37.1 Å². The molecule has 1 amide bonds. The number of methoxy groups -OCH3 is 1. The highest BCUT2D eigenvalue weighted by Gasteiger charge is 2.33. The van der Waals surface area contributed by atoms with Crippen LogP contribution in [0.1, 0.15) is 29.0 Å². The number of carbonyl (C=O) groups excluding carboxylic acids is 1. The summed E-state index contributed by atoms with van der Waals surface area (Å²) in [6, 6.07) is 11.0. The second-order valence-electron chi connectivity index (χ2n) is 7.13. The van der Waals surface area contributed by atoms with Gasteiger partial charge in [-0.2, -0.15) is 4.98 Å². The van der Waals surface area contributed by atoms with Gasteiger partial charge in [-0.1, -0.05) is 36.0 Å². The quantitative estimate of drug-likeness (QED) is 0.466. The fraction of sp³-hybridized carbons (Fsp3) is 0.227. The first-order valence-electron chi connectivity index (χ1n) is 9.53. The predicted octanol–water partition coefficient (Wildman–Crippen LogP) is 3.40. The zero-order valence-electron chi connectivity index (χ0n) is 16.9. The average Bonchev–Trinajstić information content (AvgIpc) is 2.75. The third-order valence-corrected chi connectivity index (χ3v) is 6.29. The highest BCUT2D eigenvalue weighted by Crippen LogP contribution is 2.40. The third-order valence-electron chi connectivity index (χ3n) is 5.21. The van der Waals surface area contributed by atoms with Gasteiger partial charge in [0.2, 0.25) is 5.91 Å². The highest BCUT2D eigenvalue weighted by atomic mass is 32.2. The summed E-state index contributed by atoms with van der Waals surface area (Å²) in [6.45, 7) is 0. The Balaban J connectivity index is 1.76. The second kappa shape index (κ2) is 8.43. The Kier molecular flexibility index (Phi) is 5.69. The molecule has 7 nitrogen and oxygen atoms in total. The number of phenols is 1. The summed E-state index contributed by atoms with van der Waals surface area (Å²) >= 11 is 1.21. The lowest BCUT2D eigenvalue weighted by atomic mass is 9.86. The Bertz CT molecular complexity index is 1230. The summed E-state index contributed by atoms with van der Waals surface area (Å²) < 4.78 is 20.9. The normalized spacial score (nSPS) is 15.3. The zero-order valence-corrected chi connectivity index (χ0v) is 17.7. The summed E-state index contributed by atoms with van der Waals surface area (Å²) in [5.41, 5.74) is 0.989. The number of benzene rings is 2. The lowest BCUT2D eigenvalue weighted by Crippen LogP contribution is -2.33. The van der Waals surface area contributed by atoms with E-state index in [-0.39, 0.29) is 29.6 Å². The number of hydrogen-bond acceptors (Lipinski definition) is 6. The molecule has 0 bridgehead atoms. The minimum atomic E-state index is -0.573. The molecule has 0 fully saturated rings. The highest BCUT2D eigenvalue weighted by molar-refractivity contribution is 7.98. The minimum absolute atomic E-state index is 0.0204. The Morgan fingerprint density at radius 1 is 1.29 bits per heavy atom. The average molecular weight is 441 g/mol. The van der Waals surface area contributed by atoms with Crippen LogP contribution in [0.15, 0.2) is 52.4 Å². The molecule has 2 aromatic carbocycles. The molecule has 2 heterocycles. The van der Waals surface area contributed by atoms with E-state index in [1.54, 1.807) is 35.9 Å². The van der Waals surface area contributed by atoms with Gasteiger partial charge < -0.3 is 19.7 Å². The molecule has 160 valence electrons. The summed E-state index contributed by atoms with van der Waals surface area (Å²) in [4.78, 5) is 29.7. The maximum Gasteiger partial charge on any atom is 0.279 e. The smallest absolute Gasteiger partial charge is 0.279 e. The maximum absolute atomic E-state index is 13.9. The van der Waals surface area contributed by atoms with Gasteiger partial charge in [0.15, 0.2) is 5.16 Å². The van der Waals surface area contributed by atoms with Gasteiger partial charge in [0.05, 0.1) is 12.7 Å². The van der Waals surface area contributed by atoms with Crippen molar-refractivity contribution in [3.05, 3.63) is 75.3 Å². The second-order valence-corrected chi connectivity index (χ2v) is 8.07. The fourth-order valence-corrected chi connectivity index (χ4v) is 4.63. The van der Waals surface area contributed by atoms with Gasteiger partial charge in [-0.15, -0.1) is 0 Å². The molecule has 0 spiro atoms. The number of carbonyl (C=O) groups is 1. The molecule has 3 aromatic rings. The van der Waals surface area contributed by atoms with Crippen molar-refractivity contribution in [2.24, 2.45) is 7.05 Å². The van der Waals surface area contributed by atoms with Gasteiger partial charge in [-0.3, -0.25) is 9.59 Å². The lowest BCUT2D eigenvalue weighted by molar-refractivity contribution is -0.116. The van der Waals surface area contributed by atoms with E-state index in [9.17, 15) is 19.1 Å². The van der Waals surface area contributed by atoms with Crippen LogP contribution in [-0.2, 0) is 17.6 Å². The number of rotatable bonds is 5. The molecule has 31 heavy (non-hydrogen) atoms. The number of phenolic OH excluding ortho intramolecular Hbond substituents is 1. The number of fused-ring (bicyclic) bond motifs is 1. The van der Waals surface area contributed by atoms with Crippen molar-refractivity contribution in [3.8, 4) is 11.5 Å². The molecule has 2 N–H and O–H groups in total. The summed E-state index contributed by atoms with van der Waals surface area (Å²) in [6.07, 6.45) is 0.0484. The van der Waals surface area contributed by atoms with Crippen LogP contribution in [0.25, 0.3) is 0 Å². The SMILES string of the molecule is COc1cc(O)ccc1[C@H]1CC(=O)Nc2c1c(=O)nc(SCc1ccccc1F)n2C. The number of anilines is 1. The number of ether oxygens (including phenoxy) is 1. The fourth-order valence-electron chi connectivity index (χ4n) is 3.68. The Hall–Kier alpha value is -3.33. The molecular weight excluding hydrogens is 421 g/mol. The van der Waals surface area contributed by atoms with E-state index in [2.05, 4.69) is 10.3 Å². The first-order chi connectivity index (χ1) is 14.9. The van der Waals surface area contributed by atoms with E-state index in [0.29, 0.717) is 33.4 Å². The van der Waals surface area contributed by atoms with Crippen molar-refractivity contribution in [2.75, 3.05) is 12.4 Å². The van der Waals surface area contributed by atoms with Crippen LogP contribution in [0.4, 0.5) is 10.2 Å². The van der Waals surface area contributed by atoms with Crippen molar-refractivity contribution in [2.45, 2.75) is 23.2 Å². The van der Waals surface area contributed by atoms with Crippen molar-refractivity contribution in [1.29, 1.82) is 0 Å². The molecular formula is C22H20FN3O4S. The molecule has 0 aliphatic carbocycles. The van der Waals surface area contributed by atoms with Crippen LogP contribution in [-0.4, -0.2) is 27.7 Å². The largest absolute Gasteiger partial charge is 0.508 e. The van der Waals surface area contributed by atoms with E-state index in [4.69, 9.17) is 4.74 Å². The standard InChI is InChI=1S/C22H20FN3O4S/c1-26-20-19(21(29)25-22(26)31-11-12-5-3-4-6-16(12)23)15(10-18(28)24-20)14-8-7-13(27)9-17(14)30-2/h3-9,15,27H,10-11H2,1-2H3,(H,24,28)/t15-/m1/s1. The molecule has 9 heteroatoms. The number of nitrogens with one attached hydrogen (secondary N) is 1. The molecule has 4 rings (SSSR count). The van der Waals surface area contributed by atoms with E-state index in [0.717, 1.165) is 0 Å². The predicted molar refractivity (Wildman–Crippen MR) is 115 cm³/mol. The molecule has 0 saturated heterocycles. The summed E-state index contributed by atoms with van der Waals surface area (Å²) in [5, 5.41) is 12.9. The van der Waals surface area contributed by atoms with E-state index < -0.39 is 11.5 Å². The monoisotopic (exact) mass is 441 g/mol. The number of thioether (sulfide) groups is 1. The van der Waals surface area contributed by atoms with Crippen LogP contribution >= 0.6 is 11.8 Å². The van der Waals surface area contributed by atoms with Crippen molar-refractivity contribution in [1.82, 2.24) is 9.55 Å². The maximum atomic E-state index is 13.9. The Morgan fingerprint density at radius 3 is 2.81 bits per heavy atom. The Morgan fingerprint density at radius 2 is 2.06 bits per heavy atom. The van der Waals surface area contributed by atoms with Gasteiger partial charge in [-0.05, 0) is 17.7 Å². The Labute approximate surface area is 181 Å². The molecule has 0 saturated carbocycles. The van der Waals surface area contributed by atoms with E-state index >= 15 is 0 Å². The lowest BCUT2D eigenvalue weighted by Gasteiger charge is -2.28. The van der Waals surface area contributed by atoms with Crippen LogP contribution in [0.2, 0.25) is 0 Å².